The van der Waals surface area contributed by atoms with Gasteiger partial charge in [-0.15, -0.1) is 0 Å². The van der Waals surface area contributed by atoms with Gasteiger partial charge in [0, 0.05) is 45.4 Å². The van der Waals surface area contributed by atoms with Gasteiger partial charge in [-0.25, -0.2) is 4.98 Å². The number of nitrogens with one attached hydrogen (secondary N) is 1. The summed E-state index contributed by atoms with van der Waals surface area (Å²) in [5, 5.41) is 7.95. The van der Waals surface area contributed by atoms with Gasteiger partial charge in [0.2, 0.25) is 5.13 Å². The van der Waals surface area contributed by atoms with Gasteiger partial charge in [-0.2, -0.15) is 9.47 Å². The molecule has 0 spiro atoms. The first-order valence-corrected chi connectivity index (χ1v) is 8.83. The number of hydrogen-bond donors (Lipinski definition) is 1. The highest BCUT2D eigenvalue weighted by Crippen LogP contribution is 2.23. The van der Waals surface area contributed by atoms with E-state index in [1.165, 1.54) is 11.5 Å². The number of aromatic nitrogens is 4. The Hall–Kier alpha value is -2.00. The van der Waals surface area contributed by atoms with Gasteiger partial charge in [0.05, 0.1) is 12.6 Å². The van der Waals surface area contributed by atoms with Crippen molar-refractivity contribution in [1.29, 1.82) is 0 Å². The van der Waals surface area contributed by atoms with E-state index in [9.17, 15) is 4.79 Å². The van der Waals surface area contributed by atoms with Crippen LogP contribution in [0.4, 0.5) is 5.13 Å². The molecule has 130 valence electrons. The molecule has 0 aliphatic carbocycles. The Labute approximate surface area is 145 Å². The molecule has 3 heterocycles. The largest absolute Gasteiger partial charge is 0.354 e. The Morgan fingerprint density at radius 1 is 1.50 bits per heavy atom. The standard InChI is InChI=1S/C15H23N7OS/c1-16-14(23)12-6-8-22(18-12)11-5-4-7-21(9-11)10-13-17-15(20(2)3)24-19-13/h6,8,11H,4-5,7,9-10H2,1-3H3,(H,16,23)/t11-/m0/s1. The number of hydrogen-bond acceptors (Lipinski definition) is 7. The maximum Gasteiger partial charge on any atom is 0.271 e. The second kappa shape index (κ2) is 7.27. The quantitative estimate of drug-likeness (QED) is 0.867. The average molecular weight is 349 g/mol. The molecule has 1 saturated heterocycles. The maximum absolute atomic E-state index is 11.7. The fraction of sp³-hybridized carbons (Fsp3) is 0.600. The van der Waals surface area contributed by atoms with Crippen molar-refractivity contribution in [2.45, 2.75) is 25.4 Å². The van der Waals surface area contributed by atoms with Crippen molar-refractivity contribution < 1.29 is 4.79 Å². The van der Waals surface area contributed by atoms with Crippen LogP contribution in [0.1, 0.15) is 35.2 Å². The summed E-state index contributed by atoms with van der Waals surface area (Å²) in [6.45, 7) is 2.69. The smallest absolute Gasteiger partial charge is 0.271 e. The fourth-order valence-corrected chi connectivity index (χ4v) is 3.47. The number of likely N-dealkylation sites (tertiary alicyclic amines) is 1. The van der Waals surface area contributed by atoms with E-state index in [0.717, 1.165) is 43.4 Å². The summed E-state index contributed by atoms with van der Waals surface area (Å²) in [6.07, 6.45) is 4.06. The van der Waals surface area contributed by atoms with Crippen molar-refractivity contribution in [2.75, 3.05) is 39.1 Å². The van der Waals surface area contributed by atoms with Gasteiger partial charge in [0.1, 0.15) is 5.69 Å². The van der Waals surface area contributed by atoms with Crippen LogP contribution in [0.15, 0.2) is 12.3 Å². The molecule has 0 saturated carbocycles. The third-order valence-corrected chi connectivity index (χ3v) is 5.05. The Bertz CT molecular complexity index is 696. The molecule has 1 N–H and O–H groups in total. The molecule has 2 aromatic rings. The third kappa shape index (κ3) is 3.73. The lowest BCUT2D eigenvalue weighted by molar-refractivity contribution is 0.0955. The maximum atomic E-state index is 11.7. The zero-order chi connectivity index (χ0) is 17.1. The average Bonchev–Trinajstić information content (AvgIpc) is 3.24. The molecule has 9 heteroatoms. The van der Waals surface area contributed by atoms with E-state index in [4.69, 9.17) is 0 Å². The van der Waals surface area contributed by atoms with E-state index >= 15 is 0 Å². The zero-order valence-corrected chi connectivity index (χ0v) is 15.1. The van der Waals surface area contributed by atoms with Gasteiger partial charge < -0.3 is 10.2 Å². The summed E-state index contributed by atoms with van der Waals surface area (Å²) >= 11 is 1.43. The summed E-state index contributed by atoms with van der Waals surface area (Å²) in [7, 11) is 5.57. The number of amides is 1. The zero-order valence-electron chi connectivity index (χ0n) is 14.3. The highest BCUT2D eigenvalue weighted by Gasteiger charge is 2.23. The first-order valence-electron chi connectivity index (χ1n) is 8.06. The molecule has 0 radical (unpaired) electrons. The predicted molar refractivity (Wildman–Crippen MR) is 93.4 cm³/mol. The van der Waals surface area contributed by atoms with Crippen LogP contribution in [0.5, 0.6) is 0 Å². The topological polar surface area (TPSA) is 79.2 Å². The Morgan fingerprint density at radius 3 is 3.04 bits per heavy atom. The summed E-state index contributed by atoms with van der Waals surface area (Å²) < 4.78 is 6.35. The van der Waals surface area contributed by atoms with Crippen LogP contribution in [0.25, 0.3) is 0 Å². The molecule has 2 aromatic heterocycles. The van der Waals surface area contributed by atoms with Gasteiger partial charge in [-0.05, 0) is 25.5 Å². The van der Waals surface area contributed by atoms with E-state index < -0.39 is 0 Å². The number of anilines is 1. The lowest BCUT2D eigenvalue weighted by atomic mass is 10.1. The van der Waals surface area contributed by atoms with Crippen molar-refractivity contribution in [1.82, 2.24) is 29.4 Å². The van der Waals surface area contributed by atoms with E-state index in [1.807, 2.05) is 29.9 Å². The number of carbonyl (C=O) groups is 1. The minimum absolute atomic E-state index is 0.149. The molecular formula is C15H23N7OS. The van der Waals surface area contributed by atoms with Gasteiger partial charge in [0.15, 0.2) is 5.82 Å². The second-order valence-electron chi connectivity index (χ2n) is 6.18. The van der Waals surface area contributed by atoms with Crippen LogP contribution in [0, 0.1) is 0 Å². The summed E-state index contributed by atoms with van der Waals surface area (Å²) in [4.78, 5) is 20.5. The Balaban J connectivity index is 1.63. The lowest BCUT2D eigenvalue weighted by Crippen LogP contribution is -2.36. The fourth-order valence-electron chi connectivity index (χ4n) is 2.87. The minimum atomic E-state index is -0.149. The van der Waals surface area contributed by atoms with Crippen molar-refractivity contribution in [3.05, 3.63) is 23.8 Å². The molecule has 3 rings (SSSR count). The summed E-state index contributed by atoms with van der Waals surface area (Å²) in [6, 6.07) is 2.05. The van der Waals surface area contributed by atoms with Crippen LogP contribution in [0.2, 0.25) is 0 Å². The van der Waals surface area contributed by atoms with E-state index in [0.29, 0.717) is 5.69 Å². The number of nitrogens with zero attached hydrogens (tertiary/aromatic N) is 6. The van der Waals surface area contributed by atoms with Gasteiger partial charge in [0.25, 0.3) is 5.91 Å². The van der Waals surface area contributed by atoms with E-state index in [2.05, 4.69) is 24.7 Å². The molecule has 1 aliphatic heterocycles. The van der Waals surface area contributed by atoms with Crippen LogP contribution >= 0.6 is 11.5 Å². The molecule has 1 fully saturated rings. The predicted octanol–water partition coefficient (Wildman–Crippen LogP) is 0.997. The monoisotopic (exact) mass is 349 g/mol. The van der Waals surface area contributed by atoms with Crippen LogP contribution < -0.4 is 10.2 Å². The first kappa shape index (κ1) is 16.8. The Morgan fingerprint density at radius 2 is 2.33 bits per heavy atom. The van der Waals surface area contributed by atoms with Gasteiger partial charge in [-0.3, -0.25) is 14.4 Å². The van der Waals surface area contributed by atoms with Crippen molar-refractivity contribution in [3.63, 3.8) is 0 Å². The molecular weight excluding hydrogens is 326 g/mol. The molecule has 1 atom stereocenters. The van der Waals surface area contributed by atoms with Gasteiger partial charge >= 0.3 is 0 Å². The van der Waals surface area contributed by atoms with Crippen molar-refractivity contribution in [3.8, 4) is 0 Å². The SMILES string of the molecule is CNC(=O)c1ccn([C@H]2CCCN(Cc3nsc(N(C)C)n3)C2)n1. The van der Waals surface area contributed by atoms with Crippen molar-refractivity contribution in [2.24, 2.45) is 0 Å². The molecule has 8 nitrogen and oxygen atoms in total. The second-order valence-corrected chi connectivity index (χ2v) is 6.91. The first-order chi connectivity index (χ1) is 11.6. The van der Waals surface area contributed by atoms with Gasteiger partial charge in [-0.1, -0.05) is 0 Å². The Kier molecular flexibility index (Phi) is 5.10. The molecule has 0 unspecified atom stereocenters. The molecule has 0 aromatic carbocycles. The minimum Gasteiger partial charge on any atom is -0.354 e. The normalized spacial score (nSPS) is 18.5. The molecule has 0 bridgehead atoms. The third-order valence-electron chi connectivity index (χ3n) is 4.13. The number of rotatable bonds is 5. The van der Waals surface area contributed by atoms with Crippen LogP contribution in [-0.2, 0) is 6.54 Å². The molecule has 1 aliphatic rings. The van der Waals surface area contributed by atoms with E-state index in [1.54, 1.807) is 13.1 Å². The van der Waals surface area contributed by atoms with E-state index in [-0.39, 0.29) is 11.9 Å². The highest BCUT2D eigenvalue weighted by molar-refractivity contribution is 7.09. The van der Waals surface area contributed by atoms with Crippen LogP contribution in [0.3, 0.4) is 0 Å². The van der Waals surface area contributed by atoms with Crippen molar-refractivity contribution >= 4 is 22.6 Å². The molecule has 1 amide bonds. The summed E-state index contributed by atoms with van der Waals surface area (Å²) in [5.41, 5.74) is 0.464. The number of carbonyl (C=O) groups excluding carboxylic acids is 1. The number of piperidine rings is 1. The highest BCUT2D eigenvalue weighted by atomic mass is 32.1. The summed E-state index contributed by atoms with van der Waals surface area (Å²) in [5.74, 6) is 0.722. The van der Waals surface area contributed by atoms with Crippen LogP contribution in [-0.4, -0.2) is 64.2 Å². The molecule has 24 heavy (non-hydrogen) atoms. The lowest BCUT2D eigenvalue weighted by Gasteiger charge is -2.32.